The molecule has 0 spiro atoms. The predicted molar refractivity (Wildman–Crippen MR) is 59.6 cm³/mol. The van der Waals surface area contributed by atoms with Gasteiger partial charge in [-0.25, -0.2) is 4.39 Å². The van der Waals surface area contributed by atoms with Crippen LogP contribution in [0, 0.1) is 5.82 Å². The van der Waals surface area contributed by atoms with Crippen molar-refractivity contribution in [3.63, 3.8) is 0 Å². The van der Waals surface area contributed by atoms with Crippen LogP contribution in [0.2, 0.25) is 0 Å². The Hall–Kier alpha value is -0.940. The highest BCUT2D eigenvalue weighted by Gasteiger charge is 2.07. The van der Waals surface area contributed by atoms with Crippen LogP contribution in [0.3, 0.4) is 0 Å². The Kier molecular flexibility index (Phi) is 4.23. The van der Waals surface area contributed by atoms with E-state index in [-0.39, 0.29) is 5.82 Å². The molecular weight excluding hydrogens is 263 g/mol. The van der Waals surface area contributed by atoms with E-state index in [1.165, 1.54) is 6.07 Å². The van der Waals surface area contributed by atoms with Crippen molar-refractivity contribution in [2.45, 2.75) is 19.5 Å². The first-order valence-corrected chi connectivity index (χ1v) is 5.26. The number of amides is 1. The third-order valence-electron chi connectivity index (χ3n) is 2.02. The Morgan fingerprint density at radius 3 is 2.87 bits per heavy atom. The molecule has 1 amide bonds. The first-order valence-electron chi connectivity index (χ1n) is 4.47. The van der Waals surface area contributed by atoms with Gasteiger partial charge in [-0.3, -0.25) is 4.79 Å². The number of nitrogens with one attached hydrogen (secondary N) is 1. The molecule has 3 nitrogen and oxygen atoms in total. The maximum atomic E-state index is 13.1. The van der Waals surface area contributed by atoms with Gasteiger partial charge in [-0.2, -0.15) is 0 Å². The monoisotopic (exact) mass is 274 g/mol. The molecule has 0 radical (unpaired) electrons. The van der Waals surface area contributed by atoms with E-state index < -0.39 is 11.9 Å². The molecule has 1 aromatic rings. The van der Waals surface area contributed by atoms with Crippen LogP contribution in [-0.4, -0.2) is 11.9 Å². The number of benzene rings is 1. The largest absolute Gasteiger partial charge is 0.368 e. The molecule has 5 heteroatoms. The fourth-order valence-electron chi connectivity index (χ4n) is 1.02. The van der Waals surface area contributed by atoms with Gasteiger partial charge in [0.2, 0.25) is 5.91 Å². The summed E-state index contributed by atoms with van der Waals surface area (Å²) in [7, 11) is 0. The predicted octanol–water partition coefficient (Wildman–Crippen LogP) is 1.55. The van der Waals surface area contributed by atoms with Crippen LogP contribution in [-0.2, 0) is 11.3 Å². The lowest BCUT2D eigenvalue weighted by molar-refractivity contribution is -0.119. The zero-order chi connectivity index (χ0) is 11.4. The number of nitrogens with two attached hydrogens (primary N) is 1. The number of carbonyl (C=O) groups is 1. The molecule has 1 aromatic carbocycles. The molecule has 0 aliphatic heterocycles. The van der Waals surface area contributed by atoms with Crippen LogP contribution >= 0.6 is 15.9 Å². The van der Waals surface area contributed by atoms with Crippen LogP contribution in [0.1, 0.15) is 12.5 Å². The van der Waals surface area contributed by atoms with E-state index in [0.717, 1.165) is 5.56 Å². The maximum absolute atomic E-state index is 13.1. The molecule has 0 aromatic heterocycles. The highest BCUT2D eigenvalue weighted by Crippen LogP contribution is 2.16. The molecule has 0 heterocycles. The number of primary amides is 1. The molecule has 1 atom stereocenters. The number of hydrogen-bond acceptors (Lipinski definition) is 2. The highest BCUT2D eigenvalue weighted by atomic mass is 79.9. The van der Waals surface area contributed by atoms with Crippen molar-refractivity contribution in [2.75, 3.05) is 0 Å². The summed E-state index contributed by atoms with van der Waals surface area (Å²) >= 11 is 3.06. The molecule has 0 bridgehead atoms. The molecule has 1 rings (SSSR count). The van der Waals surface area contributed by atoms with E-state index in [4.69, 9.17) is 5.73 Å². The summed E-state index contributed by atoms with van der Waals surface area (Å²) in [5, 5.41) is 2.89. The zero-order valence-corrected chi connectivity index (χ0v) is 9.84. The molecule has 15 heavy (non-hydrogen) atoms. The maximum Gasteiger partial charge on any atom is 0.234 e. The summed E-state index contributed by atoms with van der Waals surface area (Å²) in [5.41, 5.74) is 5.84. The van der Waals surface area contributed by atoms with Gasteiger partial charge >= 0.3 is 0 Å². The molecule has 0 unspecified atom stereocenters. The number of hydrogen-bond donors (Lipinski definition) is 2. The highest BCUT2D eigenvalue weighted by molar-refractivity contribution is 9.10. The standard InChI is InChI=1S/C10H12BrFN2O/c1-6(10(13)15)14-5-7-2-3-8(11)9(12)4-7/h2-4,6,14H,5H2,1H3,(H2,13,15)/t6-/m0/s1. The molecule has 0 saturated carbocycles. The second kappa shape index (κ2) is 5.23. The summed E-state index contributed by atoms with van der Waals surface area (Å²) in [6.45, 7) is 2.08. The van der Waals surface area contributed by atoms with Crippen LogP contribution in [0.25, 0.3) is 0 Å². The molecular formula is C10H12BrFN2O. The van der Waals surface area contributed by atoms with Gasteiger partial charge < -0.3 is 11.1 Å². The third-order valence-corrected chi connectivity index (χ3v) is 2.67. The van der Waals surface area contributed by atoms with E-state index in [2.05, 4.69) is 21.2 Å². The van der Waals surface area contributed by atoms with Crippen molar-refractivity contribution in [1.29, 1.82) is 0 Å². The van der Waals surface area contributed by atoms with E-state index in [0.29, 0.717) is 11.0 Å². The van der Waals surface area contributed by atoms with Crippen molar-refractivity contribution in [3.8, 4) is 0 Å². The molecule has 3 N–H and O–H groups in total. The topological polar surface area (TPSA) is 55.1 Å². The van der Waals surface area contributed by atoms with Gasteiger partial charge in [-0.15, -0.1) is 0 Å². The molecule has 82 valence electrons. The molecule has 0 aliphatic rings. The van der Waals surface area contributed by atoms with Gasteiger partial charge in [0.1, 0.15) is 5.82 Å². The molecule has 0 saturated heterocycles. The van der Waals surface area contributed by atoms with Crippen molar-refractivity contribution in [2.24, 2.45) is 5.73 Å². The second-order valence-corrected chi connectivity index (χ2v) is 4.11. The van der Waals surface area contributed by atoms with Gasteiger partial charge in [-0.05, 0) is 40.5 Å². The summed E-state index contributed by atoms with van der Waals surface area (Å²) in [6, 6.07) is 4.39. The SMILES string of the molecule is C[C@H](NCc1ccc(Br)c(F)c1)C(N)=O. The minimum Gasteiger partial charge on any atom is -0.368 e. The van der Waals surface area contributed by atoms with Crippen LogP contribution < -0.4 is 11.1 Å². The Bertz CT molecular complexity index is 370. The molecule has 0 fully saturated rings. The molecule has 0 aliphatic carbocycles. The average Bonchev–Trinajstić information content (AvgIpc) is 2.19. The Balaban J connectivity index is 2.58. The van der Waals surface area contributed by atoms with E-state index in [9.17, 15) is 9.18 Å². The normalized spacial score (nSPS) is 12.5. The van der Waals surface area contributed by atoms with Gasteiger partial charge in [-0.1, -0.05) is 6.07 Å². The summed E-state index contributed by atoms with van der Waals surface area (Å²) in [6.07, 6.45) is 0. The van der Waals surface area contributed by atoms with Crippen molar-refractivity contribution in [3.05, 3.63) is 34.1 Å². The summed E-state index contributed by atoms with van der Waals surface area (Å²) in [4.78, 5) is 10.7. The lowest BCUT2D eigenvalue weighted by Gasteiger charge is -2.10. The fourth-order valence-corrected chi connectivity index (χ4v) is 1.27. The van der Waals surface area contributed by atoms with Crippen molar-refractivity contribution >= 4 is 21.8 Å². The van der Waals surface area contributed by atoms with E-state index in [1.807, 2.05) is 0 Å². The van der Waals surface area contributed by atoms with E-state index >= 15 is 0 Å². The smallest absolute Gasteiger partial charge is 0.234 e. The van der Waals surface area contributed by atoms with Crippen LogP contribution in [0.15, 0.2) is 22.7 Å². The second-order valence-electron chi connectivity index (χ2n) is 3.25. The average molecular weight is 275 g/mol. The summed E-state index contributed by atoms with van der Waals surface area (Å²) in [5.74, 6) is -0.742. The summed E-state index contributed by atoms with van der Waals surface area (Å²) < 4.78 is 13.5. The zero-order valence-electron chi connectivity index (χ0n) is 8.26. The Morgan fingerprint density at radius 1 is 1.67 bits per heavy atom. The number of halogens is 2. The lowest BCUT2D eigenvalue weighted by atomic mass is 10.2. The lowest BCUT2D eigenvalue weighted by Crippen LogP contribution is -2.38. The van der Waals surface area contributed by atoms with Gasteiger partial charge in [0, 0.05) is 6.54 Å². The van der Waals surface area contributed by atoms with Gasteiger partial charge in [0.05, 0.1) is 10.5 Å². The van der Waals surface area contributed by atoms with Crippen LogP contribution in [0.4, 0.5) is 4.39 Å². The van der Waals surface area contributed by atoms with Gasteiger partial charge in [0.25, 0.3) is 0 Å². The van der Waals surface area contributed by atoms with Crippen molar-refractivity contribution < 1.29 is 9.18 Å². The quantitative estimate of drug-likeness (QED) is 0.876. The van der Waals surface area contributed by atoms with Gasteiger partial charge in [0.15, 0.2) is 0 Å². The Labute approximate surface area is 96.0 Å². The first kappa shape index (κ1) is 12.1. The Morgan fingerprint density at radius 2 is 2.33 bits per heavy atom. The minimum atomic E-state index is -0.424. The number of rotatable bonds is 4. The fraction of sp³-hybridized carbons (Fsp3) is 0.300. The van der Waals surface area contributed by atoms with E-state index in [1.54, 1.807) is 19.1 Å². The first-order chi connectivity index (χ1) is 7.00. The minimum absolute atomic E-state index is 0.318. The van der Waals surface area contributed by atoms with Crippen LogP contribution in [0.5, 0.6) is 0 Å². The number of carbonyl (C=O) groups excluding carboxylic acids is 1. The van der Waals surface area contributed by atoms with Crippen molar-refractivity contribution in [1.82, 2.24) is 5.32 Å². The third kappa shape index (κ3) is 3.60.